The third-order valence-electron chi connectivity index (χ3n) is 3.96. The van der Waals surface area contributed by atoms with Gasteiger partial charge in [-0.2, -0.15) is 0 Å². The summed E-state index contributed by atoms with van der Waals surface area (Å²) in [7, 11) is 0. The largest absolute Gasteiger partial charge is 0.474 e. The number of hydrogen-bond acceptors (Lipinski definition) is 6. The molecule has 3 aromatic rings. The molecular formula is C20H20N4OS. The van der Waals surface area contributed by atoms with E-state index < -0.39 is 0 Å². The number of thiophene rings is 1. The van der Waals surface area contributed by atoms with Crippen molar-refractivity contribution in [3.05, 3.63) is 59.1 Å². The van der Waals surface area contributed by atoms with E-state index in [0.717, 1.165) is 38.5 Å². The smallest absolute Gasteiger partial charge is 0.227 e. The van der Waals surface area contributed by atoms with Crippen LogP contribution in [-0.2, 0) is 4.74 Å². The van der Waals surface area contributed by atoms with Crippen LogP contribution < -0.4 is 5.32 Å². The van der Waals surface area contributed by atoms with Gasteiger partial charge in [0.25, 0.3) is 0 Å². The van der Waals surface area contributed by atoms with Gasteiger partial charge < -0.3 is 10.1 Å². The van der Waals surface area contributed by atoms with Crippen LogP contribution in [0.2, 0.25) is 0 Å². The Hall–Kier alpha value is -2.73. The number of ether oxygens (including phenoxy) is 1. The van der Waals surface area contributed by atoms with Crippen LogP contribution >= 0.6 is 11.3 Å². The average Bonchev–Trinajstić information content (AvgIpc) is 3.22. The van der Waals surface area contributed by atoms with Crippen molar-refractivity contribution in [3.63, 3.8) is 0 Å². The van der Waals surface area contributed by atoms with Crippen LogP contribution in [0.1, 0.15) is 24.3 Å². The van der Waals surface area contributed by atoms with Crippen molar-refractivity contribution in [2.24, 2.45) is 4.99 Å². The highest BCUT2D eigenvalue weighted by atomic mass is 32.1. The van der Waals surface area contributed by atoms with Crippen LogP contribution in [0.5, 0.6) is 0 Å². The highest BCUT2D eigenvalue weighted by molar-refractivity contribution is 7.17. The van der Waals surface area contributed by atoms with Crippen molar-refractivity contribution in [2.45, 2.75) is 26.3 Å². The average molecular weight is 364 g/mol. The van der Waals surface area contributed by atoms with Crippen molar-refractivity contribution in [3.8, 4) is 10.6 Å². The lowest BCUT2D eigenvalue weighted by atomic mass is 10.1. The number of aromatic nitrogens is 2. The molecule has 4 heterocycles. The Labute approximate surface area is 156 Å². The lowest BCUT2D eigenvalue weighted by Crippen LogP contribution is -2.17. The first-order valence-electron chi connectivity index (χ1n) is 8.48. The quantitative estimate of drug-likeness (QED) is 0.721. The molecule has 0 fully saturated rings. The Balaban J connectivity index is 1.57. The minimum Gasteiger partial charge on any atom is -0.474 e. The highest BCUT2D eigenvalue weighted by Gasteiger charge is 2.27. The van der Waals surface area contributed by atoms with E-state index in [-0.39, 0.29) is 5.54 Å². The summed E-state index contributed by atoms with van der Waals surface area (Å²) in [4.78, 5) is 15.8. The normalized spacial score (nSPS) is 15.4. The summed E-state index contributed by atoms with van der Waals surface area (Å²) in [5, 5.41) is 3.26. The number of hydrogen-bond donors (Lipinski definition) is 1. The Morgan fingerprint density at radius 2 is 1.92 bits per heavy atom. The predicted molar refractivity (Wildman–Crippen MR) is 106 cm³/mol. The highest BCUT2D eigenvalue weighted by Crippen LogP contribution is 2.31. The fourth-order valence-electron chi connectivity index (χ4n) is 2.68. The van der Waals surface area contributed by atoms with E-state index >= 15 is 0 Å². The molecule has 132 valence electrons. The zero-order valence-electron chi connectivity index (χ0n) is 15.0. The van der Waals surface area contributed by atoms with Crippen LogP contribution in [-0.4, -0.2) is 28.0 Å². The molecule has 0 unspecified atom stereocenters. The second kappa shape index (κ2) is 6.53. The molecule has 1 aliphatic rings. The van der Waals surface area contributed by atoms with Gasteiger partial charge in [-0.15, -0.1) is 11.3 Å². The molecule has 0 amide bonds. The van der Waals surface area contributed by atoms with Gasteiger partial charge in [-0.25, -0.2) is 15.0 Å². The van der Waals surface area contributed by atoms with Crippen LogP contribution in [0.4, 0.5) is 11.6 Å². The molecule has 1 N–H and O–H groups in total. The number of rotatable bonds is 4. The first-order chi connectivity index (χ1) is 12.5. The van der Waals surface area contributed by atoms with Gasteiger partial charge in [0.2, 0.25) is 5.90 Å². The van der Waals surface area contributed by atoms with Crippen LogP contribution in [0.25, 0.3) is 10.6 Å². The van der Waals surface area contributed by atoms with Gasteiger partial charge in [-0.3, -0.25) is 0 Å². The monoisotopic (exact) mass is 364 g/mol. The van der Waals surface area contributed by atoms with E-state index in [4.69, 9.17) is 9.72 Å². The molecule has 0 atom stereocenters. The predicted octanol–water partition coefficient (Wildman–Crippen LogP) is 4.81. The Morgan fingerprint density at radius 1 is 1.08 bits per heavy atom. The third kappa shape index (κ3) is 3.60. The number of aryl methyl sites for hydroxylation is 1. The maximum atomic E-state index is 5.74. The summed E-state index contributed by atoms with van der Waals surface area (Å²) in [6, 6.07) is 14.0. The molecule has 0 aromatic carbocycles. The summed E-state index contributed by atoms with van der Waals surface area (Å²) in [5.74, 6) is 2.29. The number of nitrogens with zero attached hydrogens (tertiary/aromatic N) is 3. The molecule has 0 spiro atoms. The Kier molecular flexibility index (Phi) is 4.20. The standard InChI is InChI=1S/C20H20N4OS/c1-13-9-10-21-18(11-13)23-17-6-4-5-14(22-17)15-7-8-16(26-15)19-24-20(2,3)12-25-19/h4-11H,12H2,1-3H3,(H,21,22,23). The van der Waals surface area contributed by atoms with Crippen molar-refractivity contribution in [1.82, 2.24) is 9.97 Å². The van der Waals surface area contributed by atoms with E-state index in [1.807, 2.05) is 43.3 Å². The Bertz CT molecular complexity index is 977. The minimum atomic E-state index is -0.150. The fourth-order valence-corrected chi connectivity index (χ4v) is 3.60. The van der Waals surface area contributed by atoms with Gasteiger partial charge in [-0.05, 0) is 62.7 Å². The van der Waals surface area contributed by atoms with Crippen molar-refractivity contribution in [2.75, 3.05) is 11.9 Å². The first kappa shape index (κ1) is 16.7. The molecule has 0 aliphatic carbocycles. The van der Waals surface area contributed by atoms with Gasteiger partial charge in [0.15, 0.2) is 0 Å². The topological polar surface area (TPSA) is 59.4 Å². The van der Waals surface area contributed by atoms with Gasteiger partial charge >= 0.3 is 0 Å². The van der Waals surface area contributed by atoms with E-state index in [1.54, 1.807) is 17.5 Å². The molecule has 26 heavy (non-hydrogen) atoms. The van der Waals surface area contributed by atoms with Gasteiger partial charge in [-0.1, -0.05) is 6.07 Å². The van der Waals surface area contributed by atoms with Gasteiger partial charge in [0.05, 0.1) is 21.0 Å². The number of anilines is 2. The zero-order valence-corrected chi connectivity index (χ0v) is 15.8. The summed E-state index contributed by atoms with van der Waals surface area (Å²) < 4.78 is 5.74. The summed E-state index contributed by atoms with van der Waals surface area (Å²) in [5.41, 5.74) is 1.92. The second-order valence-electron chi connectivity index (χ2n) is 6.93. The molecule has 0 radical (unpaired) electrons. The summed E-state index contributed by atoms with van der Waals surface area (Å²) in [6.45, 7) is 6.81. The lowest BCUT2D eigenvalue weighted by Gasteiger charge is -2.07. The molecule has 0 bridgehead atoms. The number of nitrogens with one attached hydrogen (secondary N) is 1. The van der Waals surface area contributed by atoms with E-state index in [9.17, 15) is 0 Å². The van der Waals surface area contributed by atoms with Gasteiger partial charge in [0, 0.05) is 6.20 Å². The first-order valence-corrected chi connectivity index (χ1v) is 9.30. The molecule has 5 nitrogen and oxygen atoms in total. The SMILES string of the molecule is Cc1ccnc(Nc2cccc(-c3ccc(C4=NC(C)(C)CO4)s3)n2)c1. The minimum absolute atomic E-state index is 0.150. The summed E-state index contributed by atoms with van der Waals surface area (Å²) >= 11 is 1.64. The molecule has 0 saturated carbocycles. The lowest BCUT2D eigenvalue weighted by molar-refractivity contribution is 0.280. The van der Waals surface area contributed by atoms with Crippen LogP contribution in [0.15, 0.2) is 53.7 Å². The Morgan fingerprint density at radius 3 is 2.69 bits per heavy atom. The van der Waals surface area contributed by atoms with E-state index in [0.29, 0.717) is 6.61 Å². The summed E-state index contributed by atoms with van der Waals surface area (Å²) in [6.07, 6.45) is 1.79. The third-order valence-corrected chi connectivity index (χ3v) is 5.05. The second-order valence-corrected chi connectivity index (χ2v) is 8.02. The van der Waals surface area contributed by atoms with Crippen molar-refractivity contribution < 1.29 is 4.74 Å². The van der Waals surface area contributed by atoms with Crippen LogP contribution in [0, 0.1) is 6.92 Å². The molecule has 0 saturated heterocycles. The van der Waals surface area contributed by atoms with Crippen molar-refractivity contribution >= 4 is 28.9 Å². The number of aliphatic imine (C=N–C) groups is 1. The number of pyridine rings is 2. The van der Waals surface area contributed by atoms with E-state index in [1.165, 1.54) is 0 Å². The maximum Gasteiger partial charge on any atom is 0.227 e. The molecule has 3 aromatic heterocycles. The maximum absolute atomic E-state index is 5.74. The van der Waals surface area contributed by atoms with Gasteiger partial charge in [0.1, 0.15) is 18.2 Å². The van der Waals surface area contributed by atoms with Crippen molar-refractivity contribution in [1.29, 1.82) is 0 Å². The zero-order chi connectivity index (χ0) is 18.1. The fraction of sp³-hybridized carbons (Fsp3) is 0.250. The molecule has 6 heteroatoms. The van der Waals surface area contributed by atoms with E-state index in [2.05, 4.69) is 35.2 Å². The molecule has 4 rings (SSSR count). The molecule has 1 aliphatic heterocycles. The van der Waals surface area contributed by atoms with Crippen LogP contribution in [0.3, 0.4) is 0 Å². The molecular weight excluding hydrogens is 344 g/mol.